The molecule has 0 unspecified atom stereocenters. The van der Waals surface area contributed by atoms with E-state index in [2.05, 4.69) is 16.3 Å². The van der Waals surface area contributed by atoms with E-state index in [9.17, 15) is 9.59 Å². The Morgan fingerprint density at radius 2 is 2.22 bits per heavy atom. The number of rotatable bonds is 2. The molecule has 140 valence electrons. The molecule has 4 aliphatic heterocycles. The topological polar surface area (TPSA) is 67.9 Å². The van der Waals surface area contributed by atoms with E-state index in [4.69, 9.17) is 9.47 Å². The molecule has 0 radical (unpaired) electrons. The summed E-state index contributed by atoms with van der Waals surface area (Å²) in [4.78, 5) is 28.7. The number of piperidine rings is 2. The lowest BCUT2D eigenvalue weighted by Crippen LogP contribution is -2.78. The van der Waals surface area contributed by atoms with Crippen LogP contribution in [0.1, 0.15) is 25.3 Å². The number of nitrogens with one attached hydrogen (secondary N) is 1. The molecule has 1 aliphatic carbocycles. The highest BCUT2D eigenvalue weighted by atomic mass is 16.6. The summed E-state index contributed by atoms with van der Waals surface area (Å²) < 4.78 is 11.9. The number of carbonyl (C=O) groups excluding carboxylic acids is 2. The highest BCUT2D eigenvalue weighted by molar-refractivity contribution is 5.99. The lowest BCUT2D eigenvalue weighted by Gasteiger charge is -2.63. The molecule has 1 aromatic carbocycles. The van der Waals surface area contributed by atoms with Gasteiger partial charge in [0.25, 0.3) is 0 Å². The zero-order chi connectivity index (χ0) is 18.6. The van der Waals surface area contributed by atoms with Crippen LogP contribution in [0.4, 0.5) is 5.69 Å². The maximum Gasteiger partial charge on any atom is 0.320 e. The first-order chi connectivity index (χ1) is 13.1. The number of allylic oxidation sites excluding steroid dienone is 1. The van der Waals surface area contributed by atoms with Crippen molar-refractivity contribution in [3.05, 3.63) is 41.5 Å². The van der Waals surface area contributed by atoms with E-state index in [1.807, 2.05) is 31.2 Å². The zero-order valence-corrected chi connectivity index (χ0v) is 15.4. The van der Waals surface area contributed by atoms with E-state index in [1.54, 1.807) is 0 Å². The molecule has 4 fully saturated rings. The van der Waals surface area contributed by atoms with Crippen LogP contribution < -0.4 is 5.32 Å². The number of para-hydroxylation sites is 1. The lowest BCUT2D eigenvalue weighted by atomic mass is 9.42. The summed E-state index contributed by atoms with van der Waals surface area (Å²) in [5.74, 6) is -0.611. The van der Waals surface area contributed by atoms with Gasteiger partial charge in [-0.1, -0.05) is 29.8 Å². The highest BCUT2D eigenvalue weighted by Gasteiger charge is 2.87. The first kappa shape index (κ1) is 15.8. The maximum atomic E-state index is 13.4. The maximum absolute atomic E-state index is 13.4. The Hall–Kier alpha value is -2.18. The fourth-order valence-corrected chi connectivity index (χ4v) is 7.14. The van der Waals surface area contributed by atoms with Crippen molar-refractivity contribution in [1.29, 1.82) is 0 Å². The number of ether oxygens (including phenoxy) is 2. The third kappa shape index (κ3) is 1.32. The quantitative estimate of drug-likeness (QED) is 0.373. The minimum Gasteiger partial charge on any atom is -0.468 e. The number of anilines is 1. The van der Waals surface area contributed by atoms with Crippen molar-refractivity contribution in [2.24, 2.45) is 11.3 Å². The highest BCUT2D eigenvalue weighted by Crippen LogP contribution is 2.75. The molecule has 1 spiro atoms. The largest absolute Gasteiger partial charge is 0.468 e. The van der Waals surface area contributed by atoms with Gasteiger partial charge in [-0.3, -0.25) is 9.69 Å². The molecule has 27 heavy (non-hydrogen) atoms. The Labute approximate surface area is 157 Å². The summed E-state index contributed by atoms with van der Waals surface area (Å²) >= 11 is 0. The Morgan fingerprint density at radius 3 is 2.96 bits per heavy atom. The summed E-state index contributed by atoms with van der Waals surface area (Å²) in [6.07, 6.45) is 4.18. The van der Waals surface area contributed by atoms with Gasteiger partial charge in [-0.2, -0.15) is 0 Å². The van der Waals surface area contributed by atoms with Gasteiger partial charge in [-0.25, -0.2) is 0 Å². The van der Waals surface area contributed by atoms with Gasteiger partial charge in [0, 0.05) is 24.6 Å². The Morgan fingerprint density at radius 1 is 1.41 bits per heavy atom. The summed E-state index contributed by atoms with van der Waals surface area (Å²) in [7, 11) is 1.38. The predicted octanol–water partition coefficient (Wildman–Crippen LogP) is 1.81. The van der Waals surface area contributed by atoms with Gasteiger partial charge in [0.1, 0.15) is 17.9 Å². The Bertz CT molecular complexity index is 929. The van der Waals surface area contributed by atoms with E-state index < -0.39 is 22.5 Å². The van der Waals surface area contributed by atoms with Gasteiger partial charge in [0.15, 0.2) is 5.72 Å². The number of esters is 1. The fourth-order valence-electron chi connectivity index (χ4n) is 7.14. The SMILES string of the molecule is C/C=C1\CN2[C@@H]3C[C@@]45c6ccccc6N[C@]4(O3)[C@@H]2C[C@@H]1[C@@]5(C=O)C(=O)OC. The van der Waals surface area contributed by atoms with Gasteiger partial charge < -0.3 is 19.6 Å². The number of hydrogen-bond donors (Lipinski definition) is 1. The zero-order valence-electron chi connectivity index (χ0n) is 15.4. The molecule has 3 saturated heterocycles. The van der Waals surface area contributed by atoms with E-state index in [0.717, 1.165) is 29.7 Å². The van der Waals surface area contributed by atoms with Crippen molar-refractivity contribution in [3.63, 3.8) is 0 Å². The number of fused-ring (bicyclic) bond motifs is 4. The molecule has 5 aliphatic rings. The molecule has 6 atom stereocenters. The average Bonchev–Trinajstić information content (AvgIpc) is 3.30. The fraction of sp³-hybridized carbons (Fsp3) is 0.524. The van der Waals surface area contributed by atoms with E-state index in [-0.39, 0.29) is 18.2 Å². The number of hydrogen-bond acceptors (Lipinski definition) is 6. The molecule has 1 N–H and O–H groups in total. The van der Waals surface area contributed by atoms with Crippen LogP contribution in [0.3, 0.4) is 0 Å². The van der Waals surface area contributed by atoms with Gasteiger partial charge >= 0.3 is 5.97 Å². The molecule has 6 nitrogen and oxygen atoms in total. The van der Waals surface area contributed by atoms with Gasteiger partial charge in [-0.15, -0.1) is 0 Å². The van der Waals surface area contributed by atoms with Crippen molar-refractivity contribution >= 4 is 17.9 Å². The molecular weight excluding hydrogens is 344 g/mol. The number of carbonyl (C=O) groups is 2. The van der Waals surface area contributed by atoms with Crippen molar-refractivity contribution < 1.29 is 19.1 Å². The molecule has 0 amide bonds. The van der Waals surface area contributed by atoms with Crippen molar-refractivity contribution in [2.45, 2.75) is 43.2 Å². The predicted molar refractivity (Wildman–Crippen MR) is 96.8 cm³/mol. The first-order valence-electron chi connectivity index (χ1n) is 9.60. The van der Waals surface area contributed by atoms with Gasteiger partial charge in [0.05, 0.1) is 18.6 Å². The third-order valence-electron chi connectivity index (χ3n) is 7.99. The molecule has 4 heterocycles. The Balaban J connectivity index is 1.75. The number of nitrogens with zero attached hydrogens (tertiary/aromatic N) is 1. The van der Waals surface area contributed by atoms with Crippen molar-refractivity contribution in [1.82, 2.24) is 4.90 Å². The van der Waals surface area contributed by atoms with Crippen LogP contribution in [0.25, 0.3) is 0 Å². The minimum absolute atomic E-state index is 0.101. The second-order valence-corrected chi connectivity index (χ2v) is 8.41. The van der Waals surface area contributed by atoms with Crippen molar-refractivity contribution in [3.8, 4) is 0 Å². The average molecular weight is 366 g/mol. The van der Waals surface area contributed by atoms with Crippen LogP contribution in [0.5, 0.6) is 0 Å². The third-order valence-corrected chi connectivity index (χ3v) is 7.99. The van der Waals surface area contributed by atoms with Crippen LogP contribution in [0, 0.1) is 11.3 Å². The number of methoxy groups -OCH3 is 1. The first-order valence-corrected chi connectivity index (χ1v) is 9.60. The van der Waals surface area contributed by atoms with E-state index in [1.165, 1.54) is 7.11 Å². The van der Waals surface area contributed by atoms with Crippen molar-refractivity contribution in [2.75, 3.05) is 19.0 Å². The standard InChI is InChI=1S/C21H22N2O4/c1-3-12-10-23-16-8-14(12)19(11-24,18(25)26-2)20-9-17(23)27-21(16,20)22-15-7-5-4-6-13(15)20/h3-7,11,14,16-17,22H,8-10H2,1-2H3/b12-3+/t14-,16-,17-,19-,20-,21-/m0/s1. The van der Waals surface area contributed by atoms with Crippen LogP contribution in [-0.4, -0.2) is 48.8 Å². The van der Waals surface area contributed by atoms with Crippen LogP contribution in [0.15, 0.2) is 35.9 Å². The molecule has 6 rings (SSSR count). The summed E-state index contributed by atoms with van der Waals surface area (Å²) in [6, 6.07) is 8.15. The van der Waals surface area contributed by atoms with E-state index >= 15 is 0 Å². The summed E-state index contributed by atoms with van der Waals surface area (Å²) in [5, 5.41) is 3.63. The molecule has 1 aromatic rings. The molecular formula is C21H22N2O4. The van der Waals surface area contributed by atoms with Crippen LogP contribution in [-0.2, 0) is 24.5 Å². The lowest BCUT2D eigenvalue weighted by molar-refractivity contribution is -0.182. The minimum atomic E-state index is -1.29. The smallest absolute Gasteiger partial charge is 0.320 e. The van der Waals surface area contributed by atoms with Crippen LogP contribution in [0.2, 0.25) is 0 Å². The molecule has 6 heteroatoms. The Kier molecular flexibility index (Phi) is 2.71. The monoisotopic (exact) mass is 366 g/mol. The summed E-state index contributed by atoms with van der Waals surface area (Å²) in [5.41, 5.74) is 0.303. The second kappa shape index (κ2) is 4.62. The molecule has 1 saturated carbocycles. The van der Waals surface area contributed by atoms with E-state index in [0.29, 0.717) is 12.8 Å². The van der Waals surface area contributed by atoms with Gasteiger partial charge in [0.2, 0.25) is 0 Å². The summed E-state index contributed by atoms with van der Waals surface area (Å²) in [6.45, 7) is 2.73. The normalized spacial score (nSPS) is 46.9. The molecule has 4 bridgehead atoms. The number of benzene rings is 1. The number of aldehydes is 1. The second-order valence-electron chi connectivity index (χ2n) is 8.41. The van der Waals surface area contributed by atoms with Gasteiger partial charge in [-0.05, 0) is 25.0 Å². The van der Waals surface area contributed by atoms with Crippen LogP contribution >= 0.6 is 0 Å². The molecule has 0 aromatic heterocycles.